The second-order valence-corrected chi connectivity index (χ2v) is 7.37. The van der Waals surface area contributed by atoms with E-state index in [9.17, 15) is 13.2 Å². The van der Waals surface area contributed by atoms with Crippen LogP contribution in [0.15, 0.2) is 54.6 Å². The molecule has 1 spiro atoms. The number of benzene rings is 1. The molecule has 21 heavy (non-hydrogen) atoms. The zero-order valence-corrected chi connectivity index (χ0v) is 12.4. The van der Waals surface area contributed by atoms with Gasteiger partial charge < -0.3 is 0 Å². The van der Waals surface area contributed by atoms with Gasteiger partial charge in [0, 0.05) is 6.54 Å². The van der Waals surface area contributed by atoms with Crippen LogP contribution in [-0.2, 0) is 20.6 Å². The van der Waals surface area contributed by atoms with E-state index in [1.54, 1.807) is 12.2 Å². The summed E-state index contributed by atoms with van der Waals surface area (Å²) >= 11 is 0. The van der Waals surface area contributed by atoms with Crippen molar-refractivity contribution in [1.82, 2.24) is 4.31 Å². The lowest BCUT2D eigenvalue weighted by Crippen LogP contribution is -2.45. The molecule has 1 saturated heterocycles. The summed E-state index contributed by atoms with van der Waals surface area (Å²) in [5, 5.41) is 0. The summed E-state index contributed by atoms with van der Waals surface area (Å²) in [5.41, 5.74) is 0.126. The van der Waals surface area contributed by atoms with E-state index in [0.29, 0.717) is 6.54 Å². The highest BCUT2D eigenvalue weighted by Crippen LogP contribution is 2.37. The Morgan fingerprint density at radius 3 is 2.43 bits per heavy atom. The molecular weight excluding hydrogens is 286 g/mol. The van der Waals surface area contributed by atoms with Crippen LogP contribution >= 0.6 is 0 Å². The largest absolute Gasteiger partial charge is 0.290 e. The van der Waals surface area contributed by atoms with Gasteiger partial charge in [0.15, 0.2) is 5.78 Å². The van der Waals surface area contributed by atoms with Crippen LogP contribution in [0.2, 0.25) is 0 Å². The Morgan fingerprint density at radius 2 is 1.76 bits per heavy atom. The molecule has 1 fully saturated rings. The molecule has 0 N–H and O–H groups in total. The molecule has 1 aromatic rings. The van der Waals surface area contributed by atoms with Crippen molar-refractivity contribution in [3.8, 4) is 0 Å². The fourth-order valence-corrected chi connectivity index (χ4v) is 4.90. The van der Waals surface area contributed by atoms with Gasteiger partial charge in [-0.1, -0.05) is 42.5 Å². The van der Waals surface area contributed by atoms with E-state index < -0.39 is 15.6 Å². The van der Waals surface area contributed by atoms with Gasteiger partial charge in [-0.2, -0.15) is 4.31 Å². The number of ketones is 1. The highest BCUT2D eigenvalue weighted by atomic mass is 32.2. The summed E-state index contributed by atoms with van der Waals surface area (Å²) in [6, 6.07) is 9.17. The predicted molar refractivity (Wildman–Crippen MR) is 81.0 cm³/mol. The van der Waals surface area contributed by atoms with Crippen molar-refractivity contribution in [3.63, 3.8) is 0 Å². The minimum absolute atomic E-state index is 0.00871. The lowest BCUT2D eigenvalue weighted by Gasteiger charge is -2.33. The van der Waals surface area contributed by atoms with Gasteiger partial charge in [0.25, 0.3) is 0 Å². The predicted octanol–water partition coefficient (Wildman–Crippen LogP) is 2.05. The zero-order chi connectivity index (χ0) is 14.9. The van der Waals surface area contributed by atoms with Crippen LogP contribution in [-0.4, -0.2) is 30.6 Å². The van der Waals surface area contributed by atoms with Crippen LogP contribution in [0.4, 0.5) is 0 Å². The lowest BCUT2D eigenvalue weighted by atomic mass is 9.92. The van der Waals surface area contributed by atoms with Crippen molar-refractivity contribution in [3.05, 3.63) is 60.2 Å². The van der Waals surface area contributed by atoms with Gasteiger partial charge in [0.05, 0.1) is 11.3 Å². The highest BCUT2D eigenvalue weighted by Gasteiger charge is 2.44. The first-order valence-corrected chi connectivity index (χ1v) is 8.60. The van der Waals surface area contributed by atoms with Crippen molar-refractivity contribution in [2.75, 3.05) is 6.54 Å². The Balaban J connectivity index is 1.90. The second-order valence-electron chi connectivity index (χ2n) is 5.48. The fraction of sp³-hybridized carbons (Fsp3) is 0.312. The number of sulfonamides is 1. The van der Waals surface area contributed by atoms with Crippen LogP contribution in [0.5, 0.6) is 0 Å². The number of allylic oxidation sites excluding steroid dienone is 2. The summed E-state index contributed by atoms with van der Waals surface area (Å²) < 4.78 is 27.0. The minimum Gasteiger partial charge on any atom is -0.290 e. The van der Waals surface area contributed by atoms with Crippen LogP contribution in [0, 0.1) is 0 Å². The molecule has 1 aliphatic carbocycles. The molecule has 0 aromatic heterocycles. The highest BCUT2D eigenvalue weighted by molar-refractivity contribution is 7.88. The topological polar surface area (TPSA) is 54.5 Å². The van der Waals surface area contributed by atoms with Gasteiger partial charge in [-0.05, 0) is 30.6 Å². The summed E-state index contributed by atoms with van der Waals surface area (Å²) in [6.45, 7) is 0.498. The summed E-state index contributed by atoms with van der Waals surface area (Å²) in [6.07, 6.45) is 7.92. The third-order valence-electron chi connectivity index (χ3n) is 4.00. The molecule has 0 amide bonds. The van der Waals surface area contributed by atoms with E-state index in [1.807, 2.05) is 30.3 Å². The Kier molecular flexibility index (Phi) is 3.55. The second kappa shape index (κ2) is 5.24. The Bertz CT molecular complexity index is 688. The first-order valence-electron chi connectivity index (χ1n) is 6.99. The maximum atomic E-state index is 12.7. The van der Waals surface area contributed by atoms with Crippen LogP contribution < -0.4 is 0 Å². The molecule has 4 nitrogen and oxygen atoms in total. The molecule has 2 aliphatic rings. The van der Waals surface area contributed by atoms with Gasteiger partial charge >= 0.3 is 0 Å². The van der Waals surface area contributed by atoms with Gasteiger partial charge in [0.2, 0.25) is 10.0 Å². The smallest absolute Gasteiger partial charge is 0.219 e. The van der Waals surface area contributed by atoms with Crippen LogP contribution in [0.1, 0.15) is 18.4 Å². The molecule has 3 rings (SSSR count). The van der Waals surface area contributed by atoms with Crippen LogP contribution in [0.25, 0.3) is 0 Å². The van der Waals surface area contributed by atoms with E-state index >= 15 is 0 Å². The van der Waals surface area contributed by atoms with Gasteiger partial charge in [-0.3, -0.25) is 4.79 Å². The number of carbonyl (C=O) groups excluding carboxylic acids is 1. The summed E-state index contributed by atoms with van der Waals surface area (Å²) in [4.78, 5) is 11.3. The molecular formula is C16H17NO3S. The Morgan fingerprint density at radius 1 is 1.10 bits per heavy atom. The average Bonchev–Trinajstić information content (AvgIpc) is 2.88. The fourth-order valence-electron chi connectivity index (χ4n) is 3.00. The number of rotatable bonds is 3. The van der Waals surface area contributed by atoms with Crippen molar-refractivity contribution < 1.29 is 13.2 Å². The standard InChI is InChI=1S/C16H17NO3S/c18-15-7-10-16(11-8-15)9-4-12-17(16)21(19,20)13-14-5-2-1-3-6-14/h1-3,5-8,10-11H,4,9,12-13H2. The van der Waals surface area contributed by atoms with Crippen molar-refractivity contribution in [2.24, 2.45) is 0 Å². The molecule has 1 heterocycles. The van der Waals surface area contributed by atoms with Crippen molar-refractivity contribution >= 4 is 15.8 Å². The monoisotopic (exact) mass is 303 g/mol. The van der Waals surface area contributed by atoms with E-state index in [4.69, 9.17) is 0 Å². The first-order chi connectivity index (χ1) is 10.0. The normalized spacial score (nSPS) is 21.2. The van der Waals surface area contributed by atoms with E-state index in [2.05, 4.69) is 0 Å². The van der Waals surface area contributed by atoms with Crippen molar-refractivity contribution in [1.29, 1.82) is 0 Å². The molecule has 0 radical (unpaired) electrons. The maximum Gasteiger partial charge on any atom is 0.219 e. The third kappa shape index (κ3) is 2.71. The molecule has 5 heteroatoms. The minimum atomic E-state index is -3.42. The summed E-state index contributed by atoms with van der Waals surface area (Å²) in [5.74, 6) is -0.0986. The number of hydrogen-bond acceptors (Lipinski definition) is 3. The quantitative estimate of drug-likeness (QED) is 0.858. The number of hydrogen-bond donors (Lipinski definition) is 0. The average molecular weight is 303 g/mol. The third-order valence-corrected chi connectivity index (χ3v) is 5.90. The van der Waals surface area contributed by atoms with Crippen molar-refractivity contribution in [2.45, 2.75) is 24.1 Å². The molecule has 1 aromatic carbocycles. The first kappa shape index (κ1) is 14.2. The zero-order valence-electron chi connectivity index (χ0n) is 11.6. The van der Waals surface area contributed by atoms with Crippen LogP contribution in [0.3, 0.4) is 0 Å². The van der Waals surface area contributed by atoms with Gasteiger partial charge in [0.1, 0.15) is 0 Å². The Labute approximate surface area is 124 Å². The SMILES string of the molecule is O=C1C=CC2(C=C1)CCCN2S(=O)(=O)Cc1ccccc1. The molecule has 0 atom stereocenters. The maximum absolute atomic E-state index is 12.7. The molecule has 1 aliphatic heterocycles. The molecule has 0 unspecified atom stereocenters. The van der Waals surface area contributed by atoms with E-state index in [-0.39, 0.29) is 11.5 Å². The van der Waals surface area contributed by atoms with Gasteiger partial charge in [-0.15, -0.1) is 0 Å². The molecule has 110 valence electrons. The Hall–Kier alpha value is -1.72. The summed E-state index contributed by atoms with van der Waals surface area (Å²) in [7, 11) is -3.42. The van der Waals surface area contributed by atoms with Gasteiger partial charge in [-0.25, -0.2) is 8.42 Å². The molecule has 0 bridgehead atoms. The molecule has 0 saturated carbocycles. The van der Waals surface area contributed by atoms with E-state index in [1.165, 1.54) is 16.5 Å². The number of nitrogens with zero attached hydrogens (tertiary/aromatic N) is 1. The number of carbonyl (C=O) groups is 1. The van der Waals surface area contributed by atoms with E-state index in [0.717, 1.165) is 18.4 Å². The lowest BCUT2D eigenvalue weighted by molar-refractivity contribution is -0.110.